The number of aliphatic hydroxyl groups excluding tert-OH is 3. The minimum absolute atomic E-state index is 0.165. The molecule has 5 N–H and O–H groups in total. The molecule has 57 heavy (non-hydrogen) atoms. The molecule has 0 amide bonds. The molecule has 1 aliphatic rings. The number of ether oxygens (including phenoxy) is 2. The van der Waals surface area contributed by atoms with Crippen molar-refractivity contribution < 1.29 is 53.3 Å². The number of hydrogen-bond acceptors (Lipinski definition) is 9. The molecule has 12 heteroatoms. The van der Waals surface area contributed by atoms with E-state index < -0.39 is 57.4 Å². The van der Waals surface area contributed by atoms with Crippen molar-refractivity contribution in [3.05, 3.63) is 24.3 Å². The van der Waals surface area contributed by atoms with Crippen LogP contribution in [0, 0.1) is 17.8 Å². The maximum Gasteiger partial charge on any atom is 0.469 e. The zero-order chi connectivity index (χ0) is 42.2. The Morgan fingerprint density at radius 1 is 0.702 bits per heavy atom. The smallest absolute Gasteiger partial charge is 0.462 e. The van der Waals surface area contributed by atoms with Crippen molar-refractivity contribution in [2.75, 3.05) is 13.2 Å². The molecule has 0 aliphatic heterocycles. The summed E-state index contributed by atoms with van der Waals surface area (Å²) in [5.74, 6) is -0.972. The van der Waals surface area contributed by atoms with Gasteiger partial charge in [0.25, 0.3) is 0 Å². The van der Waals surface area contributed by atoms with Gasteiger partial charge in [-0.3, -0.25) is 14.1 Å². The Bertz CT molecular complexity index is 1110. The first-order valence-corrected chi connectivity index (χ1v) is 24.3. The van der Waals surface area contributed by atoms with Gasteiger partial charge in [0.15, 0.2) is 6.10 Å². The van der Waals surface area contributed by atoms with Crippen LogP contribution in [0.1, 0.15) is 194 Å². The van der Waals surface area contributed by atoms with E-state index in [4.69, 9.17) is 19.3 Å². The van der Waals surface area contributed by atoms with Crippen molar-refractivity contribution in [3.8, 4) is 0 Å². The normalized spacial score (nSPS) is 19.9. The van der Waals surface area contributed by atoms with Gasteiger partial charge in [0.2, 0.25) is 0 Å². The number of hydrogen-bond donors (Lipinski definition) is 5. The fraction of sp³-hybridized carbons (Fsp3) is 0.867. The number of allylic oxidation sites excluding steroid dienone is 1. The SMILES string of the molecule is CCCCC[C@@H](O)/C=C/[C@@H]1[C@H](C/C=C\CC(=O)O[C@H](COC(=O)CCCCCCCCCCCCCCCCCCCCC(C)C)COP(=O)(O)O)[C@@H](O)C[C@H]1O. The minimum Gasteiger partial charge on any atom is -0.462 e. The minimum atomic E-state index is -4.85. The van der Waals surface area contributed by atoms with E-state index in [9.17, 15) is 29.5 Å². The summed E-state index contributed by atoms with van der Waals surface area (Å²) < 4.78 is 26.4. The molecule has 0 spiro atoms. The molecule has 1 fully saturated rings. The highest BCUT2D eigenvalue weighted by Crippen LogP contribution is 2.37. The maximum atomic E-state index is 12.6. The van der Waals surface area contributed by atoms with Gasteiger partial charge < -0.3 is 34.6 Å². The van der Waals surface area contributed by atoms with Gasteiger partial charge >= 0.3 is 19.8 Å². The fourth-order valence-corrected chi connectivity index (χ4v) is 7.89. The largest absolute Gasteiger partial charge is 0.469 e. The molecule has 0 bridgehead atoms. The number of aliphatic hydroxyl groups is 3. The van der Waals surface area contributed by atoms with E-state index in [1.54, 1.807) is 24.3 Å². The summed E-state index contributed by atoms with van der Waals surface area (Å²) in [6, 6.07) is 0. The lowest BCUT2D eigenvalue weighted by atomic mass is 9.89. The van der Waals surface area contributed by atoms with Crippen LogP contribution >= 0.6 is 7.82 Å². The number of esters is 2. The molecular formula is C45H83O11P. The van der Waals surface area contributed by atoms with Crippen LogP contribution in [0.25, 0.3) is 0 Å². The molecule has 1 aliphatic carbocycles. The molecule has 0 radical (unpaired) electrons. The van der Waals surface area contributed by atoms with Crippen LogP contribution in [0.15, 0.2) is 24.3 Å². The maximum absolute atomic E-state index is 12.6. The molecule has 0 unspecified atom stereocenters. The van der Waals surface area contributed by atoms with Gasteiger partial charge in [-0.05, 0) is 31.1 Å². The van der Waals surface area contributed by atoms with E-state index >= 15 is 0 Å². The summed E-state index contributed by atoms with van der Waals surface area (Å²) in [6.45, 7) is 5.68. The van der Waals surface area contributed by atoms with Crippen LogP contribution in [0.4, 0.5) is 0 Å². The summed E-state index contributed by atoms with van der Waals surface area (Å²) in [7, 11) is -4.85. The average molecular weight is 831 g/mol. The molecule has 1 saturated carbocycles. The van der Waals surface area contributed by atoms with Gasteiger partial charge in [0, 0.05) is 18.8 Å². The summed E-state index contributed by atoms with van der Waals surface area (Å²) in [5, 5.41) is 31.2. The standard InChI is InChI=1S/C45H83O11P/c1-4-5-22-28-38(46)32-33-41-40(42(47)34-43(41)48)29-25-26-31-45(50)56-39(36-55-57(51,52)53)35-54-44(49)30-24-21-19-17-15-13-11-9-7-6-8-10-12-14-16-18-20-23-27-37(2)3/h25-26,32-33,37-43,46-48H,4-24,27-31,34-36H2,1-3H3,(H2,51,52,53)/b26-25-,33-32+/t38-,39-,40+,41-,42+,43-/m1/s1. The van der Waals surface area contributed by atoms with Gasteiger partial charge in [0.05, 0.1) is 31.3 Å². The number of carbonyl (C=O) groups is 2. The molecule has 0 aromatic heterocycles. The van der Waals surface area contributed by atoms with Crippen LogP contribution < -0.4 is 0 Å². The van der Waals surface area contributed by atoms with Gasteiger partial charge in [0.1, 0.15) is 6.61 Å². The molecule has 11 nitrogen and oxygen atoms in total. The van der Waals surface area contributed by atoms with Crippen molar-refractivity contribution in [2.24, 2.45) is 17.8 Å². The van der Waals surface area contributed by atoms with Crippen LogP contribution in [0.3, 0.4) is 0 Å². The highest BCUT2D eigenvalue weighted by Gasteiger charge is 2.39. The summed E-state index contributed by atoms with van der Waals surface area (Å²) in [4.78, 5) is 43.2. The van der Waals surface area contributed by atoms with Crippen molar-refractivity contribution >= 4 is 19.8 Å². The lowest BCUT2D eigenvalue weighted by molar-refractivity contribution is -0.160. The number of phosphoric acid groups is 1. The first kappa shape index (κ1) is 53.4. The van der Waals surface area contributed by atoms with Crippen molar-refractivity contribution in [1.29, 1.82) is 0 Å². The number of carbonyl (C=O) groups excluding carboxylic acids is 2. The van der Waals surface area contributed by atoms with Gasteiger partial charge in [-0.2, -0.15) is 0 Å². The summed E-state index contributed by atoms with van der Waals surface area (Å²) in [6.07, 6.45) is 31.8. The first-order chi connectivity index (χ1) is 27.3. The molecule has 0 aromatic rings. The molecule has 0 saturated heterocycles. The Morgan fingerprint density at radius 3 is 1.75 bits per heavy atom. The Hall–Kier alpha value is -1.59. The van der Waals surface area contributed by atoms with Crippen molar-refractivity contribution in [3.63, 3.8) is 0 Å². The van der Waals surface area contributed by atoms with Crippen LogP contribution in [0.5, 0.6) is 0 Å². The molecule has 0 heterocycles. The summed E-state index contributed by atoms with van der Waals surface area (Å²) in [5.41, 5.74) is 0. The first-order valence-electron chi connectivity index (χ1n) is 22.7. The van der Waals surface area contributed by atoms with Crippen LogP contribution in [0.2, 0.25) is 0 Å². The lowest BCUT2D eigenvalue weighted by Gasteiger charge is -2.20. The average Bonchev–Trinajstić information content (AvgIpc) is 3.42. The Kier molecular flexibility index (Phi) is 32.0. The molecule has 0 aromatic carbocycles. The third-order valence-electron chi connectivity index (χ3n) is 11.0. The fourth-order valence-electron chi connectivity index (χ4n) is 7.53. The van der Waals surface area contributed by atoms with Crippen molar-refractivity contribution in [2.45, 2.75) is 219 Å². The zero-order valence-electron chi connectivity index (χ0n) is 36.0. The highest BCUT2D eigenvalue weighted by atomic mass is 31.2. The van der Waals surface area contributed by atoms with Gasteiger partial charge in [-0.25, -0.2) is 4.57 Å². The molecule has 334 valence electrons. The van der Waals surface area contributed by atoms with E-state index in [-0.39, 0.29) is 31.1 Å². The number of rotatable bonds is 37. The number of phosphoric ester groups is 1. The van der Waals surface area contributed by atoms with E-state index in [0.29, 0.717) is 19.3 Å². The second kappa shape index (κ2) is 34.2. The molecule has 6 atom stereocenters. The zero-order valence-corrected chi connectivity index (χ0v) is 36.9. The Morgan fingerprint density at radius 2 is 1.23 bits per heavy atom. The highest BCUT2D eigenvalue weighted by molar-refractivity contribution is 7.46. The van der Waals surface area contributed by atoms with Crippen LogP contribution in [-0.4, -0.2) is 74.7 Å². The lowest BCUT2D eigenvalue weighted by Crippen LogP contribution is -2.29. The Labute approximate surface area is 346 Å². The second-order valence-electron chi connectivity index (χ2n) is 16.8. The second-order valence-corrected chi connectivity index (χ2v) is 18.1. The third kappa shape index (κ3) is 31.0. The predicted octanol–water partition coefficient (Wildman–Crippen LogP) is 10.2. The monoisotopic (exact) mass is 831 g/mol. The van der Waals surface area contributed by atoms with Gasteiger partial charge in [-0.15, -0.1) is 0 Å². The quantitative estimate of drug-likeness (QED) is 0.0174. The van der Waals surface area contributed by atoms with Crippen molar-refractivity contribution in [1.82, 2.24) is 0 Å². The molecular weight excluding hydrogens is 747 g/mol. The Balaban J connectivity index is 2.23. The summed E-state index contributed by atoms with van der Waals surface area (Å²) >= 11 is 0. The van der Waals surface area contributed by atoms with E-state index in [0.717, 1.165) is 44.4 Å². The predicted molar refractivity (Wildman–Crippen MR) is 227 cm³/mol. The van der Waals surface area contributed by atoms with Crippen LogP contribution in [-0.2, 0) is 28.2 Å². The van der Waals surface area contributed by atoms with E-state index in [1.807, 2.05) is 0 Å². The molecule has 1 rings (SSSR count). The third-order valence-corrected chi connectivity index (χ3v) is 11.5. The van der Waals surface area contributed by atoms with E-state index in [2.05, 4.69) is 25.3 Å². The topological polar surface area (TPSA) is 180 Å². The van der Waals surface area contributed by atoms with Gasteiger partial charge in [-0.1, -0.05) is 180 Å². The van der Waals surface area contributed by atoms with E-state index in [1.165, 1.54) is 96.3 Å². The number of unbranched alkanes of at least 4 members (excludes halogenated alkanes) is 19.